The first-order valence-corrected chi connectivity index (χ1v) is 5.06. The number of phenols is 2. The molecule has 0 aliphatic rings. The molecule has 1 rings (SSSR count). The van der Waals surface area contributed by atoms with Crippen molar-refractivity contribution in [1.29, 1.82) is 0 Å². The molecule has 0 fully saturated rings. The maximum atomic E-state index is 13.5. The van der Waals surface area contributed by atoms with E-state index in [1.165, 1.54) is 0 Å². The van der Waals surface area contributed by atoms with Gasteiger partial charge in [0.15, 0.2) is 17.3 Å². The van der Waals surface area contributed by atoms with E-state index >= 15 is 0 Å². The van der Waals surface area contributed by atoms with E-state index in [0.29, 0.717) is 12.8 Å². The molecule has 0 spiro atoms. The van der Waals surface area contributed by atoms with Crippen LogP contribution in [0.25, 0.3) is 0 Å². The highest BCUT2D eigenvalue weighted by Gasteiger charge is 2.27. The van der Waals surface area contributed by atoms with Crippen molar-refractivity contribution in [1.82, 2.24) is 0 Å². The number of unbranched alkanes of at least 4 members (excludes halogenated alkanes) is 1. The third-order valence-electron chi connectivity index (χ3n) is 2.42. The molecule has 0 saturated carbocycles. The minimum absolute atomic E-state index is 0.0191. The lowest BCUT2D eigenvalue weighted by Crippen LogP contribution is -2.08. The molecule has 0 aliphatic carbocycles. The van der Waals surface area contributed by atoms with Crippen molar-refractivity contribution in [3.63, 3.8) is 0 Å². The van der Waals surface area contributed by atoms with Gasteiger partial charge in [-0.05, 0) is 12.8 Å². The highest BCUT2D eigenvalue weighted by atomic mass is 19.2. The Hall–Kier alpha value is -1.85. The van der Waals surface area contributed by atoms with Gasteiger partial charge in [0.1, 0.15) is 5.56 Å². The summed E-state index contributed by atoms with van der Waals surface area (Å²) >= 11 is 0. The van der Waals surface area contributed by atoms with Crippen molar-refractivity contribution in [3.05, 3.63) is 22.8 Å². The summed E-state index contributed by atoms with van der Waals surface area (Å²) in [5.74, 6) is -7.17. The lowest BCUT2D eigenvalue weighted by atomic mass is 9.99. The van der Waals surface area contributed by atoms with Crippen molar-refractivity contribution in [2.45, 2.75) is 26.2 Å². The molecule has 0 heterocycles. The molecule has 0 aromatic heterocycles. The van der Waals surface area contributed by atoms with E-state index in [2.05, 4.69) is 0 Å². The summed E-state index contributed by atoms with van der Waals surface area (Å²) in [6, 6.07) is 0. The molecule has 0 saturated heterocycles. The molecule has 0 unspecified atom stereocenters. The molecule has 1 aromatic carbocycles. The zero-order valence-electron chi connectivity index (χ0n) is 9.13. The van der Waals surface area contributed by atoms with Crippen molar-refractivity contribution in [2.75, 3.05) is 0 Å². The standard InChI is InChI=1S/C11H12F2O4/c1-2-3-4-5-6(11(16)17)9(14)10(15)8(13)7(5)12/h14-15H,2-4H2,1H3,(H,16,17). The van der Waals surface area contributed by atoms with Crippen LogP contribution in [0.5, 0.6) is 11.5 Å². The molecule has 6 heteroatoms. The third-order valence-corrected chi connectivity index (χ3v) is 2.42. The first-order chi connectivity index (χ1) is 7.91. The Labute approximate surface area is 96.1 Å². The molecular formula is C11H12F2O4. The molecule has 94 valence electrons. The molecule has 3 N–H and O–H groups in total. The number of phenolic OH excluding ortho intramolecular Hbond substituents is 1. The van der Waals surface area contributed by atoms with Crippen LogP contribution in [0.1, 0.15) is 35.7 Å². The topological polar surface area (TPSA) is 77.8 Å². The predicted molar refractivity (Wildman–Crippen MR) is 55.3 cm³/mol. The van der Waals surface area contributed by atoms with Crippen molar-refractivity contribution in [3.8, 4) is 11.5 Å². The van der Waals surface area contributed by atoms with Crippen LogP contribution in [0.4, 0.5) is 8.78 Å². The highest BCUT2D eigenvalue weighted by Crippen LogP contribution is 2.37. The lowest BCUT2D eigenvalue weighted by molar-refractivity contribution is 0.0690. The average Bonchev–Trinajstić information content (AvgIpc) is 2.28. The van der Waals surface area contributed by atoms with E-state index in [1.54, 1.807) is 6.92 Å². The van der Waals surface area contributed by atoms with E-state index < -0.39 is 40.2 Å². The van der Waals surface area contributed by atoms with Gasteiger partial charge in [-0.25, -0.2) is 9.18 Å². The summed E-state index contributed by atoms with van der Waals surface area (Å²) in [4.78, 5) is 10.9. The monoisotopic (exact) mass is 246 g/mol. The SMILES string of the molecule is CCCCc1c(F)c(F)c(O)c(O)c1C(=O)O. The van der Waals surface area contributed by atoms with Crippen LogP contribution in [-0.4, -0.2) is 21.3 Å². The van der Waals surface area contributed by atoms with Crippen LogP contribution >= 0.6 is 0 Å². The van der Waals surface area contributed by atoms with Gasteiger partial charge in [-0.2, -0.15) is 4.39 Å². The first kappa shape index (κ1) is 13.2. The summed E-state index contributed by atoms with van der Waals surface area (Å²) in [6.07, 6.45) is 1.08. The number of carbonyl (C=O) groups is 1. The molecule has 4 nitrogen and oxygen atoms in total. The van der Waals surface area contributed by atoms with Gasteiger partial charge in [0, 0.05) is 5.56 Å². The number of benzene rings is 1. The Morgan fingerprint density at radius 3 is 2.24 bits per heavy atom. The summed E-state index contributed by atoms with van der Waals surface area (Å²) in [6.45, 7) is 1.80. The maximum Gasteiger partial charge on any atom is 0.340 e. The molecule has 17 heavy (non-hydrogen) atoms. The number of aromatic hydroxyl groups is 2. The molecule has 0 aliphatic heterocycles. The predicted octanol–water partition coefficient (Wildman–Crippen LogP) is 2.42. The second-order valence-corrected chi connectivity index (χ2v) is 3.59. The summed E-state index contributed by atoms with van der Waals surface area (Å²) in [5, 5.41) is 27.2. The van der Waals surface area contributed by atoms with E-state index in [1.807, 2.05) is 0 Å². The van der Waals surface area contributed by atoms with E-state index in [9.17, 15) is 18.7 Å². The summed E-state index contributed by atoms with van der Waals surface area (Å²) in [7, 11) is 0. The maximum absolute atomic E-state index is 13.5. The first-order valence-electron chi connectivity index (χ1n) is 5.06. The Morgan fingerprint density at radius 2 is 1.76 bits per heavy atom. The Kier molecular flexibility index (Phi) is 3.88. The third kappa shape index (κ3) is 2.30. The van der Waals surface area contributed by atoms with Gasteiger partial charge in [0.2, 0.25) is 5.82 Å². The number of carboxylic acids is 1. The van der Waals surface area contributed by atoms with Crippen LogP contribution in [0.15, 0.2) is 0 Å². The molecule has 1 aromatic rings. The van der Waals surface area contributed by atoms with Crippen molar-refractivity contribution in [2.24, 2.45) is 0 Å². The van der Waals surface area contributed by atoms with Gasteiger partial charge in [-0.1, -0.05) is 13.3 Å². The lowest BCUT2D eigenvalue weighted by Gasteiger charge is -2.11. The number of aromatic carboxylic acids is 1. The van der Waals surface area contributed by atoms with Gasteiger partial charge < -0.3 is 15.3 Å². The fraction of sp³-hybridized carbons (Fsp3) is 0.364. The van der Waals surface area contributed by atoms with Crippen LogP contribution in [0.2, 0.25) is 0 Å². The van der Waals surface area contributed by atoms with Gasteiger partial charge >= 0.3 is 5.97 Å². The van der Waals surface area contributed by atoms with Crippen LogP contribution < -0.4 is 0 Å². The smallest absolute Gasteiger partial charge is 0.340 e. The Morgan fingerprint density at radius 1 is 1.18 bits per heavy atom. The quantitative estimate of drug-likeness (QED) is 0.713. The zero-order valence-corrected chi connectivity index (χ0v) is 9.13. The fourth-order valence-corrected chi connectivity index (χ4v) is 1.53. The largest absolute Gasteiger partial charge is 0.504 e. The van der Waals surface area contributed by atoms with Crippen molar-refractivity contribution >= 4 is 5.97 Å². The van der Waals surface area contributed by atoms with Crippen LogP contribution in [0.3, 0.4) is 0 Å². The van der Waals surface area contributed by atoms with Gasteiger partial charge in [-0.3, -0.25) is 0 Å². The van der Waals surface area contributed by atoms with Crippen LogP contribution in [-0.2, 0) is 6.42 Å². The van der Waals surface area contributed by atoms with Crippen LogP contribution in [0, 0.1) is 11.6 Å². The molecule has 0 bridgehead atoms. The van der Waals surface area contributed by atoms with E-state index in [0.717, 1.165) is 0 Å². The zero-order chi connectivity index (χ0) is 13.2. The summed E-state index contributed by atoms with van der Waals surface area (Å²) < 4.78 is 26.6. The summed E-state index contributed by atoms with van der Waals surface area (Å²) in [5.41, 5.74) is -1.21. The Balaban J connectivity index is 3.48. The second kappa shape index (κ2) is 4.99. The van der Waals surface area contributed by atoms with E-state index in [-0.39, 0.29) is 6.42 Å². The molecule has 0 amide bonds. The number of hydrogen-bond donors (Lipinski definition) is 3. The normalized spacial score (nSPS) is 10.5. The minimum atomic E-state index is -1.63. The number of rotatable bonds is 4. The Bertz CT molecular complexity index is 458. The van der Waals surface area contributed by atoms with E-state index in [4.69, 9.17) is 10.2 Å². The van der Waals surface area contributed by atoms with Gasteiger partial charge in [0.25, 0.3) is 0 Å². The van der Waals surface area contributed by atoms with Gasteiger partial charge in [0.05, 0.1) is 0 Å². The fourth-order valence-electron chi connectivity index (χ4n) is 1.53. The second-order valence-electron chi connectivity index (χ2n) is 3.59. The molecule has 0 radical (unpaired) electrons. The average molecular weight is 246 g/mol. The van der Waals surface area contributed by atoms with Crippen molar-refractivity contribution < 1.29 is 28.9 Å². The molecular weight excluding hydrogens is 234 g/mol. The van der Waals surface area contributed by atoms with Gasteiger partial charge in [-0.15, -0.1) is 0 Å². The molecule has 0 atom stereocenters. The highest BCUT2D eigenvalue weighted by molar-refractivity contribution is 5.93. The number of halogens is 2. The number of hydrogen-bond acceptors (Lipinski definition) is 3. The number of carboxylic acid groups (broad SMARTS) is 1. The minimum Gasteiger partial charge on any atom is -0.504 e.